The second kappa shape index (κ2) is 7.13. The molecule has 1 aromatic heterocycles. The highest BCUT2D eigenvalue weighted by atomic mass is 16.5. The minimum absolute atomic E-state index is 0.488. The molecule has 0 bridgehead atoms. The van der Waals surface area contributed by atoms with Gasteiger partial charge in [0.05, 0.1) is 12.6 Å². The van der Waals surface area contributed by atoms with E-state index in [0.717, 1.165) is 22.3 Å². The summed E-state index contributed by atoms with van der Waals surface area (Å²) in [5.74, 6) is 1.98. The molecule has 0 fully saturated rings. The quantitative estimate of drug-likeness (QED) is 0.771. The maximum Gasteiger partial charge on any atom is 0.119 e. The number of hydrogen-bond acceptors (Lipinski definition) is 2. The van der Waals surface area contributed by atoms with E-state index in [1.807, 2.05) is 32.0 Å². The van der Waals surface area contributed by atoms with Crippen LogP contribution in [0.3, 0.4) is 0 Å². The fourth-order valence-corrected chi connectivity index (χ4v) is 1.84. The first-order valence-electron chi connectivity index (χ1n) is 7.06. The lowest BCUT2D eigenvalue weighted by molar-refractivity contribution is 0.415. The van der Waals surface area contributed by atoms with Gasteiger partial charge in [-0.25, -0.2) is 0 Å². The lowest BCUT2D eigenvalue weighted by Gasteiger charge is -2.15. The van der Waals surface area contributed by atoms with Gasteiger partial charge in [0, 0.05) is 17.0 Å². The predicted molar refractivity (Wildman–Crippen MR) is 82.9 cm³/mol. The van der Waals surface area contributed by atoms with Crippen molar-refractivity contribution >= 4 is 10.9 Å². The van der Waals surface area contributed by atoms with Crippen LogP contribution in [0.1, 0.15) is 46.2 Å². The third-order valence-electron chi connectivity index (χ3n) is 3.38. The zero-order valence-corrected chi connectivity index (χ0v) is 12.9. The molecular formula is C17H25NO. The van der Waals surface area contributed by atoms with Crippen LogP contribution in [-0.4, -0.2) is 12.1 Å². The molecule has 0 aliphatic rings. The van der Waals surface area contributed by atoms with E-state index in [0.29, 0.717) is 11.8 Å². The first-order valence-corrected chi connectivity index (χ1v) is 7.06. The molecule has 0 aliphatic carbocycles. The van der Waals surface area contributed by atoms with E-state index < -0.39 is 0 Å². The van der Waals surface area contributed by atoms with Crippen molar-refractivity contribution in [2.45, 2.75) is 40.5 Å². The average Bonchev–Trinajstić information content (AvgIpc) is 2.47. The van der Waals surface area contributed by atoms with Crippen LogP contribution in [-0.2, 0) is 0 Å². The van der Waals surface area contributed by atoms with Gasteiger partial charge in [0.1, 0.15) is 5.75 Å². The smallest absolute Gasteiger partial charge is 0.119 e. The molecule has 19 heavy (non-hydrogen) atoms. The zero-order valence-electron chi connectivity index (χ0n) is 12.9. The molecule has 1 unspecified atom stereocenters. The van der Waals surface area contributed by atoms with Crippen LogP contribution < -0.4 is 4.74 Å². The van der Waals surface area contributed by atoms with Crippen molar-refractivity contribution in [3.8, 4) is 5.75 Å². The van der Waals surface area contributed by atoms with Crippen molar-refractivity contribution in [2.75, 3.05) is 7.11 Å². The maximum atomic E-state index is 5.21. The van der Waals surface area contributed by atoms with Gasteiger partial charge in [-0.3, -0.25) is 4.98 Å². The fraction of sp³-hybridized carbons (Fsp3) is 0.471. The number of hydrogen-bond donors (Lipinski definition) is 0. The second-order valence-electron chi connectivity index (χ2n) is 4.83. The topological polar surface area (TPSA) is 22.1 Å². The molecule has 1 heterocycles. The third kappa shape index (κ3) is 3.69. The van der Waals surface area contributed by atoms with Crippen LogP contribution in [0, 0.1) is 5.92 Å². The number of nitrogens with zero attached hydrogens (tertiary/aromatic N) is 1. The van der Waals surface area contributed by atoms with Gasteiger partial charge >= 0.3 is 0 Å². The largest absolute Gasteiger partial charge is 0.497 e. The molecule has 2 nitrogen and oxygen atoms in total. The molecule has 1 atom stereocenters. The lowest BCUT2D eigenvalue weighted by Crippen LogP contribution is -2.04. The highest BCUT2D eigenvalue weighted by Crippen LogP contribution is 2.25. The van der Waals surface area contributed by atoms with Gasteiger partial charge in [-0.15, -0.1) is 0 Å². The van der Waals surface area contributed by atoms with Crippen molar-refractivity contribution in [3.05, 3.63) is 36.0 Å². The molecule has 2 rings (SSSR count). The molecular weight excluding hydrogens is 234 g/mol. The Hall–Kier alpha value is -1.57. The number of fused-ring (bicyclic) bond motifs is 1. The molecule has 104 valence electrons. The molecule has 0 saturated heterocycles. The molecule has 2 heteroatoms. The minimum atomic E-state index is 0.488. The molecule has 0 spiro atoms. The summed E-state index contributed by atoms with van der Waals surface area (Å²) in [6.45, 7) is 10.7. The van der Waals surface area contributed by atoms with Gasteiger partial charge in [-0.05, 0) is 30.2 Å². The minimum Gasteiger partial charge on any atom is -0.497 e. The van der Waals surface area contributed by atoms with Crippen LogP contribution in [0.25, 0.3) is 10.9 Å². The van der Waals surface area contributed by atoms with E-state index in [-0.39, 0.29) is 0 Å². The van der Waals surface area contributed by atoms with Crippen LogP contribution in [0.5, 0.6) is 5.75 Å². The van der Waals surface area contributed by atoms with E-state index in [2.05, 4.69) is 32.9 Å². The van der Waals surface area contributed by atoms with Gasteiger partial charge in [0.25, 0.3) is 0 Å². The molecule has 0 radical (unpaired) electrons. The molecule has 2 aromatic rings. The summed E-state index contributed by atoms with van der Waals surface area (Å²) in [6, 6.07) is 10.2. The SMILES string of the molecule is CC.COc1ccc2nc(C(C)C(C)C)ccc2c1. The van der Waals surface area contributed by atoms with E-state index in [9.17, 15) is 0 Å². The zero-order chi connectivity index (χ0) is 14.4. The lowest BCUT2D eigenvalue weighted by atomic mass is 9.94. The van der Waals surface area contributed by atoms with E-state index in [1.54, 1.807) is 7.11 Å². The van der Waals surface area contributed by atoms with Gasteiger partial charge < -0.3 is 4.74 Å². The summed E-state index contributed by atoms with van der Waals surface area (Å²) in [7, 11) is 1.68. The van der Waals surface area contributed by atoms with Crippen molar-refractivity contribution in [1.29, 1.82) is 0 Å². The Morgan fingerprint density at radius 2 is 1.68 bits per heavy atom. The van der Waals surface area contributed by atoms with Crippen molar-refractivity contribution in [3.63, 3.8) is 0 Å². The first-order chi connectivity index (χ1) is 9.11. The van der Waals surface area contributed by atoms with Gasteiger partial charge in [-0.2, -0.15) is 0 Å². The number of pyridine rings is 1. The standard InChI is InChI=1S/C15H19NO.C2H6/c1-10(2)11(3)14-7-5-12-9-13(17-4)6-8-15(12)16-14;1-2/h5-11H,1-4H3;1-2H3. The highest BCUT2D eigenvalue weighted by molar-refractivity contribution is 5.80. The average molecular weight is 259 g/mol. The van der Waals surface area contributed by atoms with Crippen LogP contribution >= 0.6 is 0 Å². The maximum absolute atomic E-state index is 5.21. The summed E-state index contributed by atoms with van der Waals surface area (Å²) in [5, 5.41) is 1.13. The Kier molecular flexibility index (Phi) is 5.81. The number of rotatable bonds is 3. The van der Waals surface area contributed by atoms with Crippen LogP contribution in [0.4, 0.5) is 0 Å². The first kappa shape index (κ1) is 15.5. The predicted octanol–water partition coefficient (Wildman–Crippen LogP) is 5.03. The Bertz CT molecular complexity index is 520. The summed E-state index contributed by atoms with van der Waals surface area (Å²) < 4.78 is 5.21. The van der Waals surface area contributed by atoms with Gasteiger partial charge in [-0.1, -0.05) is 40.7 Å². The fourth-order valence-electron chi connectivity index (χ4n) is 1.84. The second-order valence-corrected chi connectivity index (χ2v) is 4.83. The van der Waals surface area contributed by atoms with Gasteiger partial charge in [0.2, 0.25) is 0 Å². The van der Waals surface area contributed by atoms with Crippen LogP contribution in [0.2, 0.25) is 0 Å². The summed E-state index contributed by atoms with van der Waals surface area (Å²) in [4.78, 5) is 4.72. The van der Waals surface area contributed by atoms with Crippen LogP contribution in [0.15, 0.2) is 30.3 Å². The van der Waals surface area contributed by atoms with Crippen molar-refractivity contribution in [1.82, 2.24) is 4.98 Å². The number of ether oxygens (including phenoxy) is 1. The molecule has 0 N–H and O–H groups in total. The third-order valence-corrected chi connectivity index (χ3v) is 3.38. The Morgan fingerprint density at radius 3 is 2.26 bits per heavy atom. The number of aromatic nitrogens is 1. The number of methoxy groups -OCH3 is 1. The molecule has 1 aromatic carbocycles. The Balaban J connectivity index is 0.000000861. The summed E-state index contributed by atoms with van der Waals surface area (Å²) in [6.07, 6.45) is 0. The highest BCUT2D eigenvalue weighted by Gasteiger charge is 2.11. The summed E-state index contributed by atoms with van der Waals surface area (Å²) in [5.41, 5.74) is 2.20. The van der Waals surface area contributed by atoms with Crippen molar-refractivity contribution in [2.24, 2.45) is 5.92 Å². The normalized spacial score (nSPS) is 11.9. The van der Waals surface area contributed by atoms with Crippen molar-refractivity contribution < 1.29 is 4.74 Å². The van der Waals surface area contributed by atoms with E-state index in [1.165, 1.54) is 0 Å². The molecule has 0 aliphatic heterocycles. The monoisotopic (exact) mass is 259 g/mol. The summed E-state index contributed by atoms with van der Waals surface area (Å²) >= 11 is 0. The number of benzene rings is 1. The Morgan fingerprint density at radius 1 is 1.00 bits per heavy atom. The Labute approximate surface area is 116 Å². The molecule has 0 amide bonds. The van der Waals surface area contributed by atoms with E-state index >= 15 is 0 Å². The molecule has 0 saturated carbocycles. The van der Waals surface area contributed by atoms with Gasteiger partial charge in [0.15, 0.2) is 0 Å². The van der Waals surface area contributed by atoms with E-state index in [4.69, 9.17) is 9.72 Å².